The lowest BCUT2D eigenvalue weighted by atomic mass is 9.95. The summed E-state index contributed by atoms with van der Waals surface area (Å²) in [6.45, 7) is 0. The summed E-state index contributed by atoms with van der Waals surface area (Å²) in [6, 6.07) is 58.9. The predicted molar refractivity (Wildman–Crippen MR) is 184 cm³/mol. The average Bonchev–Trinajstić information content (AvgIpc) is 3.53. The fourth-order valence-corrected chi connectivity index (χ4v) is 6.28. The van der Waals surface area contributed by atoms with E-state index >= 15 is 0 Å². The highest BCUT2D eigenvalue weighted by atomic mass is 15.1. The van der Waals surface area contributed by atoms with Gasteiger partial charge in [-0.2, -0.15) is 0 Å². The standard InChI is InChI=1S/C42H29N/c1-3-8-30(9-4-1)32-14-22-37(23-15-32)43(38-24-16-33(17-25-38)31-10-5-2-6-11-31)39-26-18-34(19-27-39)40-28-20-35-12-7-13-36-21-29-41(40)42(35)36/h1-29H. The molecule has 1 nitrogen and oxygen atoms in total. The first kappa shape index (κ1) is 25.1. The van der Waals surface area contributed by atoms with Gasteiger partial charge >= 0.3 is 0 Å². The van der Waals surface area contributed by atoms with Gasteiger partial charge in [-0.3, -0.25) is 0 Å². The molecule has 0 N–H and O–H groups in total. The lowest BCUT2D eigenvalue weighted by Crippen LogP contribution is -2.09. The van der Waals surface area contributed by atoms with Gasteiger partial charge in [0.1, 0.15) is 0 Å². The molecule has 1 heteroatoms. The molecule has 0 spiro atoms. The van der Waals surface area contributed by atoms with Gasteiger partial charge in [0.25, 0.3) is 0 Å². The van der Waals surface area contributed by atoms with E-state index in [4.69, 9.17) is 0 Å². The summed E-state index contributed by atoms with van der Waals surface area (Å²) in [6.07, 6.45) is 4.49. The van der Waals surface area contributed by atoms with Gasteiger partial charge in [0.05, 0.1) is 0 Å². The third kappa shape index (κ3) is 4.62. The van der Waals surface area contributed by atoms with Crippen LogP contribution in [0.5, 0.6) is 0 Å². The highest BCUT2D eigenvalue weighted by molar-refractivity contribution is 6.09. The van der Waals surface area contributed by atoms with Crippen molar-refractivity contribution in [2.45, 2.75) is 0 Å². The average molecular weight is 548 g/mol. The van der Waals surface area contributed by atoms with Crippen molar-refractivity contribution in [3.05, 3.63) is 175 Å². The summed E-state index contributed by atoms with van der Waals surface area (Å²) < 4.78 is 0. The summed E-state index contributed by atoms with van der Waals surface area (Å²) in [7, 11) is 0. The van der Waals surface area contributed by atoms with Crippen molar-refractivity contribution in [1.82, 2.24) is 0 Å². The van der Waals surface area contributed by atoms with Gasteiger partial charge in [-0.25, -0.2) is 0 Å². The monoisotopic (exact) mass is 547 g/mol. The number of hydrogen-bond acceptors (Lipinski definition) is 1. The second-order valence-corrected chi connectivity index (χ2v) is 11.0. The second-order valence-electron chi connectivity index (χ2n) is 11.0. The first-order valence-corrected chi connectivity index (χ1v) is 14.8. The van der Waals surface area contributed by atoms with Gasteiger partial charge in [-0.15, -0.1) is 0 Å². The fraction of sp³-hybridized carbons (Fsp3) is 0. The molecule has 7 aromatic rings. The first-order chi connectivity index (χ1) is 21.3. The Balaban J connectivity index is 1.19. The molecule has 0 radical (unpaired) electrons. The van der Waals surface area contributed by atoms with Gasteiger partial charge in [-0.1, -0.05) is 140 Å². The summed E-state index contributed by atoms with van der Waals surface area (Å²) in [5, 5.41) is 2.64. The molecule has 8 rings (SSSR count). The zero-order valence-corrected chi connectivity index (χ0v) is 23.7. The lowest BCUT2D eigenvalue weighted by molar-refractivity contribution is 1.28. The second kappa shape index (κ2) is 10.6. The topological polar surface area (TPSA) is 3.24 Å². The van der Waals surface area contributed by atoms with Crippen LogP contribution in [-0.2, 0) is 0 Å². The normalized spacial score (nSPS) is 11.6. The Morgan fingerprint density at radius 3 is 1.35 bits per heavy atom. The van der Waals surface area contributed by atoms with Crippen molar-refractivity contribution >= 4 is 40.0 Å². The molecule has 202 valence electrons. The number of benzene rings is 7. The van der Waals surface area contributed by atoms with Gasteiger partial charge in [-0.05, 0) is 91.7 Å². The maximum Gasteiger partial charge on any atom is 0.0462 e. The van der Waals surface area contributed by atoms with Gasteiger partial charge in [0.15, 0.2) is 0 Å². The Hall–Kier alpha value is -5.66. The smallest absolute Gasteiger partial charge is 0.0462 e. The van der Waals surface area contributed by atoms with Crippen LogP contribution in [0.25, 0.3) is 56.3 Å². The Labute approximate surface area is 252 Å². The van der Waals surface area contributed by atoms with E-state index in [2.05, 4.69) is 181 Å². The molecule has 0 saturated heterocycles. The van der Waals surface area contributed by atoms with Gasteiger partial charge in [0.2, 0.25) is 0 Å². The molecular weight excluding hydrogens is 518 g/mol. The largest absolute Gasteiger partial charge is 0.311 e. The molecule has 0 atom stereocenters. The molecule has 1 aliphatic carbocycles. The molecule has 43 heavy (non-hydrogen) atoms. The van der Waals surface area contributed by atoms with E-state index in [-0.39, 0.29) is 0 Å². The number of rotatable bonds is 6. The number of hydrogen-bond donors (Lipinski definition) is 0. The van der Waals surface area contributed by atoms with E-state index in [1.807, 2.05) is 0 Å². The van der Waals surface area contributed by atoms with Crippen molar-refractivity contribution in [2.75, 3.05) is 4.90 Å². The zero-order chi connectivity index (χ0) is 28.6. The molecule has 7 aromatic carbocycles. The van der Waals surface area contributed by atoms with Crippen molar-refractivity contribution in [2.24, 2.45) is 0 Å². The van der Waals surface area contributed by atoms with Crippen LogP contribution in [0.2, 0.25) is 0 Å². The summed E-state index contributed by atoms with van der Waals surface area (Å²) in [4.78, 5) is 2.34. The van der Waals surface area contributed by atoms with Crippen LogP contribution in [0, 0.1) is 0 Å². The minimum absolute atomic E-state index is 1.12. The fourth-order valence-electron chi connectivity index (χ4n) is 6.28. The van der Waals surface area contributed by atoms with Gasteiger partial charge in [0, 0.05) is 17.1 Å². The van der Waals surface area contributed by atoms with Crippen LogP contribution in [-0.4, -0.2) is 0 Å². The van der Waals surface area contributed by atoms with Crippen molar-refractivity contribution in [3.8, 4) is 33.4 Å². The SMILES string of the molecule is C1=Cc2c(-c3ccc(N(c4ccc(-c5ccccc5)cc4)c4ccc(-c5ccccc5)cc4)cc3)ccc3cccc1c23. The van der Waals surface area contributed by atoms with E-state index in [9.17, 15) is 0 Å². The molecule has 0 saturated carbocycles. The van der Waals surface area contributed by atoms with Crippen LogP contribution >= 0.6 is 0 Å². The Kier molecular flexibility index (Phi) is 6.20. The van der Waals surface area contributed by atoms with E-state index in [0.717, 1.165) is 17.1 Å². The Morgan fingerprint density at radius 1 is 0.326 bits per heavy atom. The molecule has 0 heterocycles. The van der Waals surface area contributed by atoms with Crippen LogP contribution in [0.15, 0.2) is 164 Å². The van der Waals surface area contributed by atoms with Crippen molar-refractivity contribution < 1.29 is 0 Å². The van der Waals surface area contributed by atoms with Crippen LogP contribution < -0.4 is 4.90 Å². The maximum absolute atomic E-state index is 2.34. The predicted octanol–water partition coefficient (Wildman–Crippen LogP) is 11.8. The summed E-state index contributed by atoms with van der Waals surface area (Å²) in [5.41, 5.74) is 13.3. The Morgan fingerprint density at radius 2 is 0.814 bits per heavy atom. The molecule has 1 aliphatic rings. The van der Waals surface area contributed by atoms with E-state index in [1.54, 1.807) is 0 Å². The number of nitrogens with zero attached hydrogens (tertiary/aromatic N) is 1. The minimum atomic E-state index is 1.12. The van der Waals surface area contributed by atoms with Crippen LogP contribution in [0.3, 0.4) is 0 Å². The third-order valence-corrected chi connectivity index (χ3v) is 8.45. The van der Waals surface area contributed by atoms with Crippen molar-refractivity contribution in [3.63, 3.8) is 0 Å². The van der Waals surface area contributed by atoms with Crippen LogP contribution in [0.1, 0.15) is 11.1 Å². The van der Waals surface area contributed by atoms with Gasteiger partial charge < -0.3 is 4.90 Å². The first-order valence-electron chi connectivity index (χ1n) is 14.8. The summed E-state index contributed by atoms with van der Waals surface area (Å²) >= 11 is 0. The lowest BCUT2D eigenvalue weighted by Gasteiger charge is -2.26. The maximum atomic E-state index is 2.34. The van der Waals surface area contributed by atoms with E-state index < -0.39 is 0 Å². The zero-order valence-electron chi connectivity index (χ0n) is 23.7. The quantitative estimate of drug-likeness (QED) is 0.200. The highest BCUT2D eigenvalue weighted by Gasteiger charge is 2.16. The highest BCUT2D eigenvalue weighted by Crippen LogP contribution is 2.41. The van der Waals surface area contributed by atoms with E-state index in [0.29, 0.717) is 0 Å². The van der Waals surface area contributed by atoms with Crippen LogP contribution in [0.4, 0.5) is 17.1 Å². The molecule has 0 aliphatic heterocycles. The molecule has 0 aromatic heterocycles. The molecule has 0 unspecified atom stereocenters. The third-order valence-electron chi connectivity index (χ3n) is 8.45. The van der Waals surface area contributed by atoms with Crippen molar-refractivity contribution in [1.29, 1.82) is 0 Å². The molecule has 0 fully saturated rings. The molecule has 0 bridgehead atoms. The minimum Gasteiger partial charge on any atom is -0.311 e. The van der Waals surface area contributed by atoms with E-state index in [1.165, 1.54) is 55.3 Å². The molecule has 0 amide bonds. The molecular formula is C42H29N. The Bertz CT molecular complexity index is 1990. The summed E-state index contributed by atoms with van der Waals surface area (Å²) in [5.74, 6) is 0. The number of anilines is 3.